The quantitative estimate of drug-likeness (QED) is 0.848. The van der Waals surface area contributed by atoms with Crippen LogP contribution in [-0.4, -0.2) is 17.8 Å². The molecule has 2 nitrogen and oxygen atoms in total. The third-order valence-electron chi connectivity index (χ3n) is 3.71. The van der Waals surface area contributed by atoms with Gasteiger partial charge in [-0.2, -0.15) is 0 Å². The van der Waals surface area contributed by atoms with Gasteiger partial charge >= 0.3 is 0 Å². The largest absolute Gasteiger partial charge is 0.491 e. The maximum atomic E-state index is 10.0. The summed E-state index contributed by atoms with van der Waals surface area (Å²) in [6, 6.07) is 8.08. The Morgan fingerprint density at radius 1 is 1.29 bits per heavy atom. The monoisotopic (exact) mass is 234 g/mol. The van der Waals surface area contributed by atoms with Crippen LogP contribution in [0.2, 0.25) is 0 Å². The van der Waals surface area contributed by atoms with Crippen molar-refractivity contribution in [2.45, 2.75) is 45.1 Å². The van der Waals surface area contributed by atoms with Crippen molar-refractivity contribution in [1.82, 2.24) is 0 Å². The zero-order chi connectivity index (χ0) is 12.1. The van der Waals surface area contributed by atoms with Gasteiger partial charge in [0, 0.05) is 0 Å². The van der Waals surface area contributed by atoms with Crippen LogP contribution in [0, 0.1) is 5.92 Å². The molecule has 1 aromatic carbocycles. The van der Waals surface area contributed by atoms with E-state index in [0.717, 1.165) is 25.0 Å². The number of aliphatic hydroxyl groups is 1. The normalized spacial score (nSPS) is 18.2. The second-order valence-corrected chi connectivity index (χ2v) is 4.88. The minimum atomic E-state index is -0.303. The third-order valence-corrected chi connectivity index (χ3v) is 3.71. The molecule has 2 rings (SSSR count). The number of hydrogen-bond donors (Lipinski definition) is 1. The molecule has 0 radical (unpaired) electrons. The molecule has 1 atom stereocenters. The Balaban J connectivity index is 1.88. The summed E-state index contributed by atoms with van der Waals surface area (Å²) in [5.41, 5.74) is 1.21. The highest BCUT2D eigenvalue weighted by Crippen LogP contribution is 2.28. The highest BCUT2D eigenvalue weighted by Gasteiger charge is 2.23. The molecular weight excluding hydrogens is 212 g/mol. The lowest BCUT2D eigenvalue weighted by atomic mass is 10.0. The van der Waals surface area contributed by atoms with E-state index in [1.54, 1.807) is 0 Å². The van der Waals surface area contributed by atoms with Gasteiger partial charge in [0.25, 0.3) is 0 Å². The van der Waals surface area contributed by atoms with Crippen LogP contribution in [0.5, 0.6) is 5.75 Å². The molecule has 0 saturated heterocycles. The molecular formula is C15H22O2. The Morgan fingerprint density at radius 3 is 2.71 bits per heavy atom. The molecule has 1 aromatic rings. The molecule has 0 aromatic heterocycles. The fourth-order valence-electron chi connectivity index (χ4n) is 2.59. The number of aliphatic hydroxyl groups excluding tert-OH is 1. The molecule has 0 bridgehead atoms. The summed E-state index contributed by atoms with van der Waals surface area (Å²) >= 11 is 0. The molecule has 1 aliphatic carbocycles. The van der Waals surface area contributed by atoms with E-state index >= 15 is 0 Å². The van der Waals surface area contributed by atoms with Crippen LogP contribution in [0.15, 0.2) is 24.3 Å². The molecule has 1 fully saturated rings. The van der Waals surface area contributed by atoms with Crippen molar-refractivity contribution in [3.8, 4) is 5.75 Å². The molecule has 1 saturated carbocycles. The van der Waals surface area contributed by atoms with Gasteiger partial charge in [0.2, 0.25) is 0 Å². The van der Waals surface area contributed by atoms with Crippen LogP contribution in [0.4, 0.5) is 0 Å². The number of rotatable bonds is 5. The Hall–Kier alpha value is -1.02. The Morgan fingerprint density at radius 2 is 2.00 bits per heavy atom. The lowest BCUT2D eigenvalue weighted by Gasteiger charge is -2.19. The van der Waals surface area contributed by atoms with Gasteiger partial charge in [0.05, 0.1) is 6.10 Å². The molecule has 0 spiro atoms. The minimum absolute atomic E-state index is 0.303. The molecule has 1 N–H and O–H groups in total. The number of aryl methyl sites for hydroxylation is 1. The van der Waals surface area contributed by atoms with Gasteiger partial charge in [0.1, 0.15) is 12.4 Å². The maximum absolute atomic E-state index is 10.0. The average Bonchev–Trinajstić information content (AvgIpc) is 2.90. The van der Waals surface area contributed by atoms with Crippen LogP contribution in [-0.2, 0) is 6.42 Å². The summed E-state index contributed by atoms with van der Waals surface area (Å²) in [5, 5.41) is 10.0. The zero-order valence-corrected chi connectivity index (χ0v) is 10.6. The van der Waals surface area contributed by atoms with Crippen molar-refractivity contribution in [3.63, 3.8) is 0 Å². The predicted octanol–water partition coefficient (Wildman–Crippen LogP) is 3.18. The Bertz CT molecular complexity index is 343. The minimum Gasteiger partial charge on any atom is -0.491 e. The van der Waals surface area contributed by atoms with Gasteiger partial charge in [-0.05, 0) is 36.8 Å². The van der Waals surface area contributed by atoms with Crippen LogP contribution < -0.4 is 4.74 Å². The summed E-state index contributed by atoms with van der Waals surface area (Å²) in [7, 11) is 0. The van der Waals surface area contributed by atoms with E-state index in [1.807, 2.05) is 18.2 Å². The lowest BCUT2D eigenvalue weighted by molar-refractivity contribution is 0.0590. The highest BCUT2D eigenvalue weighted by atomic mass is 16.5. The molecule has 1 aliphatic rings. The summed E-state index contributed by atoms with van der Waals surface area (Å²) in [6.07, 6.45) is 5.48. The SMILES string of the molecule is CCc1ccccc1OCC(O)C1CCCC1. The van der Waals surface area contributed by atoms with Gasteiger partial charge in [-0.3, -0.25) is 0 Å². The van der Waals surface area contributed by atoms with E-state index in [0.29, 0.717) is 12.5 Å². The van der Waals surface area contributed by atoms with Crippen molar-refractivity contribution in [2.75, 3.05) is 6.61 Å². The third kappa shape index (κ3) is 3.22. The Labute approximate surface area is 104 Å². The van der Waals surface area contributed by atoms with Gasteiger partial charge < -0.3 is 9.84 Å². The number of hydrogen-bond acceptors (Lipinski definition) is 2. The van der Waals surface area contributed by atoms with E-state index in [4.69, 9.17) is 4.74 Å². The van der Waals surface area contributed by atoms with Gasteiger partial charge in [0.15, 0.2) is 0 Å². The van der Waals surface area contributed by atoms with Gasteiger partial charge in [-0.1, -0.05) is 38.0 Å². The summed E-state index contributed by atoms with van der Waals surface area (Å²) in [5.74, 6) is 1.37. The molecule has 94 valence electrons. The van der Waals surface area contributed by atoms with Crippen molar-refractivity contribution < 1.29 is 9.84 Å². The maximum Gasteiger partial charge on any atom is 0.122 e. The molecule has 0 aliphatic heterocycles. The fourth-order valence-corrected chi connectivity index (χ4v) is 2.59. The van der Waals surface area contributed by atoms with E-state index in [1.165, 1.54) is 18.4 Å². The van der Waals surface area contributed by atoms with E-state index in [9.17, 15) is 5.11 Å². The molecule has 17 heavy (non-hydrogen) atoms. The van der Waals surface area contributed by atoms with Crippen molar-refractivity contribution in [3.05, 3.63) is 29.8 Å². The first-order valence-electron chi connectivity index (χ1n) is 6.70. The predicted molar refractivity (Wildman–Crippen MR) is 69.3 cm³/mol. The van der Waals surface area contributed by atoms with Crippen molar-refractivity contribution in [1.29, 1.82) is 0 Å². The van der Waals surface area contributed by atoms with E-state index in [-0.39, 0.29) is 6.10 Å². The van der Waals surface area contributed by atoms with Gasteiger partial charge in [-0.15, -0.1) is 0 Å². The number of para-hydroxylation sites is 1. The first-order chi connectivity index (χ1) is 8.31. The van der Waals surface area contributed by atoms with Crippen LogP contribution in [0.25, 0.3) is 0 Å². The average molecular weight is 234 g/mol. The van der Waals surface area contributed by atoms with Crippen LogP contribution in [0.1, 0.15) is 38.2 Å². The van der Waals surface area contributed by atoms with Crippen molar-refractivity contribution in [2.24, 2.45) is 5.92 Å². The van der Waals surface area contributed by atoms with E-state index in [2.05, 4.69) is 13.0 Å². The zero-order valence-electron chi connectivity index (χ0n) is 10.6. The lowest BCUT2D eigenvalue weighted by Crippen LogP contribution is -2.25. The van der Waals surface area contributed by atoms with Crippen LogP contribution in [0.3, 0.4) is 0 Å². The molecule has 1 unspecified atom stereocenters. The first-order valence-corrected chi connectivity index (χ1v) is 6.70. The van der Waals surface area contributed by atoms with Gasteiger partial charge in [-0.25, -0.2) is 0 Å². The van der Waals surface area contributed by atoms with Crippen LogP contribution >= 0.6 is 0 Å². The first kappa shape index (κ1) is 12.4. The smallest absolute Gasteiger partial charge is 0.122 e. The highest BCUT2D eigenvalue weighted by molar-refractivity contribution is 5.33. The molecule has 2 heteroatoms. The standard InChI is InChI=1S/C15H22O2/c1-2-12-7-5-6-10-15(12)17-11-14(16)13-8-3-4-9-13/h5-7,10,13-14,16H,2-4,8-9,11H2,1H3. The van der Waals surface area contributed by atoms with E-state index < -0.39 is 0 Å². The molecule has 0 heterocycles. The second-order valence-electron chi connectivity index (χ2n) is 4.88. The summed E-state index contributed by atoms with van der Waals surface area (Å²) < 4.78 is 5.75. The number of ether oxygens (including phenoxy) is 1. The van der Waals surface area contributed by atoms with Crippen molar-refractivity contribution >= 4 is 0 Å². The fraction of sp³-hybridized carbons (Fsp3) is 0.600. The summed E-state index contributed by atoms with van der Waals surface area (Å²) in [6.45, 7) is 2.55. The summed E-state index contributed by atoms with van der Waals surface area (Å²) in [4.78, 5) is 0. The topological polar surface area (TPSA) is 29.5 Å². The number of benzene rings is 1. The second kappa shape index (κ2) is 6.06. The Kier molecular flexibility index (Phi) is 4.43. The molecule has 0 amide bonds.